The Morgan fingerprint density at radius 2 is 1.71 bits per heavy atom. The smallest absolute Gasteiger partial charge is 0.406 e. The molecule has 1 N–H and O–H groups in total. The highest BCUT2D eigenvalue weighted by molar-refractivity contribution is 6.32. The van der Waals surface area contributed by atoms with E-state index in [1.807, 2.05) is 0 Å². The number of rotatable bonds is 10. The number of nitrogens with one attached hydrogen (secondary N) is 1. The summed E-state index contributed by atoms with van der Waals surface area (Å²) >= 11 is 12.6. The quantitative estimate of drug-likeness (QED) is 0.124. The highest BCUT2D eigenvalue weighted by atomic mass is 35.5. The molecule has 11 nitrogen and oxygen atoms in total. The van der Waals surface area contributed by atoms with E-state index in [0.29, 0.717) is 21.5 Å². The Labute approximate surface area is 282 Å². The number of hydrogen-bond acceptors (Lipinski definition) is 8. The van der Waals surface area contributed by atoms with Gasteiger partial charge in [-0.1, -0.05) is 35.3 Å². The Bertz CT molecular complexity index is 2010. The van der Waals surface area contributed by atoms with Gasteiger partial charge in [0.1, 0.15) is 18.0 Å². The van der Waals surface area contributed by atoms with Gasteiger partial charge in [-0.2, -0.15) is 23.1 Å². The standard InChI is InChI=1S/C30H22Cl2F6N8O3/c1-15-10-18(31)11-22(27(48)40-16(2)17-5-7-20(8-6-17)49-30(36,37)38)21(15)13-25(47)24-12-19(14-45-43-28(41-44-45)29(33,34)35)42-46(24)26-23(32)4-3-9-39-26/h3-12,16H,13-14H2,1-2H3,(H,40,48). The molecule has 0 radical (unpaired) electrons. The van der Waals surface area contributed by atoms with E-state index in [1.54, 1.807) is 26.0 Å². The molecular formula is C30H22Cl2F6N8O3. The van der Waals surface area contributed by atoms with E-state index >= 15 is 0 Å². The van der Waals surface area contributed by atoms with Crippen molar-refractivity contribution in [1.29, 1.82) is 0 Å². The van der Waals surface area contributed by atoms with Gasteiger partial charge in [-0.25, -0.2) is 9.67 Å². The maximum atomic E-state index is 13.9. The normalized spacial score (nSPS) is 12.5. The molecular weight excluding hydrogens is 705 g/mol. The average molecular weight is 727 g/mol. The number of amides is 1. The van der Waals surface area contributed by atoms with Crippen LogP contribution in [0.25, 0.3) is 5.82 Å². The molecule has 5 aromatic rings. The van der Waals surface area contributed by atoms with Crippen LogP contribution in [0.4, 0.5) is 26.3 Å². The second-order valence-electron chi connectivity index (χ2n) is 10.5. The van der Waals surface area contributed by atoms with E-state index < -0.39 is 48.4 Å². The van der Waals surface area contributed by atoms with Crippen molar-refractivity contribution >= 4 is 34.9 Å². The van der Waals surface area contributed by atoms with E-state index in [1.165, 1.54) is 36.5 Å². The summed E-state index contributed by atoms with van der Waals surface area (Å²) in [4.78, 5) is 32.3. The minimum absolute atomic E-state index is 0.0487. The number of ether oxygens (including phenoxy) is 1. The zero-order chi connectivity index (χ0) is 35.7. The van der Waals surface area contributed by atoms with Crippen LogP contribution in [-0.2, 0) is 19.1 Å². The lowest BCUT2D eigenvalue weighted by Gasteiger charge is -2.18. The fourth-order valence-electron chi connectivity index (χ4n) is 4.75. The van der Waals surface area contributed by atoms with E-state index in [4.69, 9.17) is 23.2 Å². The first-order valence-electron chi connectivity index (χ1n) is 14.0. The predicted octanol–water partition coefficient (Wildman–Crippen LogP) is 6.75. The first-order chi connectivity index (χ1) is 23.0. The number of halogens is 8. The van der Waals surface area contributed by atoms with Crippen LogP contribution in [0.1, 0.15) is 62.0 Å². The van der Waals surface area contributed by atoms with Crippen molar-refractivity contribution in [3.8, 4) is 11.6 Å². The molecule has 1 unspecified atom stereocenters. The third-order valence-electron chi connectivity index (χ3n) is 6.98. The summed E-state index contributed by atoms with van der Waals surface area (Å²) in [6.45, 7) is 2.86. The molecule has 3 aromatic heterocycles. The van der Waals surface area contributed by atoms with Gasteiger partial charge < -0.3 is 10.1 Å². The van der Waals surface area contributed by atoms with Gasteiger partial charge in [0, 0.05) is 23.2 Å². The SMILES string of the molecule is Cc1cc(Cl)cc(C(=O)NC(C)c2ccc(OC(F)(F)F)cc2)c1CC(=O)c1cc(Cn2nnc(C(F)(F)F)n2)nn1-c1ncccc1Cl. The largest absolute Gasteiger partial charge is 0.573 e. The average Bonchev–Trinajstić information content (AvgIpc) is 3.66. The van der Waals surface area contributed by atoms with E-state index in [-0.39, 0.29) is 39.2 Å². The first kappa shape index (κ1) is 35.3. The Kier molecular flexibility index (Phi) is 9.96. The van der Waals surface area contributed by atoms with Crippen LogP contribution in [0.15, 0.2) is 60.8 Å². The number of ketones is 1. The van der Waals surface area contributed by atoms with Crippen LogP contribution in [0.3, 0.4) is 0 Å². The Morgan fingerprint density at radius 1 is 1.00 bits per heavy atom. The van der Waals surface area contributed by atoms with E-state index in [9.17, 15) is 35.9 Å². The topological polar surface area (TPSA) is 130 Å². The molecule has 0 aliphatic rings. The highest BCUT2D eigenvalue weighted by Crippen LogP contribution is 2.28. The van der Waals surface area contributed by atoms with Crippen molar-refractivity contribution in [3.05, 3.63) is 110 Å². The zero-order valence-electron chi connectivity index (χ0n) is 25.1. The van der Waals surface area contributed by atoms with Crippen LogP contribution < -0.4 is 10.1 Å². The molecule has 49 heavy (non-hydrogen) atoms. The predicted molar refractivity (Wildman–Crippen MR) is 162 cm³/mol. The fourth-order valence-corrected chi connectivity index (χ4v) is 5.22. The van der Waals surface area contributed by atoms with Crippen LogP contribution in [0.2, 0.25) is 10.0 Å². The van der Waals surface area contributed by atoms with Crippen molar-refractivity contribution in [2.45, 2.75) is 45.4 Å². The fraction of sp³-hybridized carbons (Fsp3) is 0.233. The Hall–Kier alpha value is -5.03. The van der Waals surface area contributed by atoms with Gasteiger partial charge in [0.2, 0.25) is 0 Å². The molecule has 0 saturated heterocycles. The van der Waals surface area contributed by atoms with Crippen molar-refractivity contribution in [3.63, 3.8) is 0 Å². The summed E-state index contributed by atoms with van der Waals surface area (Å²) in [5.74, 6) is -3.04. The number of hydrogen-bond donors (Lipinski definition) is 1. The lowest BCUT2D eigenvalue weighted by atomic mass is 9.95. The monoisotopic (exact) mass is 726 g/mol. The summed E-state index contributed by atoms with van der Waals surface area (Å²) in [5.41, 5.74) is 1.30. The molecule has 19 heteroatoms. The number of nitrogens with zero attached hydrogens (tertiary/aromatic N) is 7. The van der Waals surface area contributed by atoms with Crippen molar-refractivity contribution < 1.29 is 40.7 Å². The molecule has 2 aromatic carbocycles. The molecule has 0 aliphatic carbocycles. The minimum Gasteiger partial charge on any atom is -0.406 e. The molecule has 3 heterocycles. The molecule has 0 bridgehead atoms. The number of aryl methyl sites for hydroxylation is 1. The number of Topliss-reactive ketones (excluding diaryl/α,β-unsaturated/α-hetero) is 1. The van der Waals surface area contributed by atoms with Crippen molar-refractivity contribution in [2.75, 3.05) is 0 Å². The third kappa shape index (κ3) is 8.53. The van der Waals surface area contributed by atoms with Gasteiger partial charge in [0.15, 0.2) is 11.6 Å². The van der Waals surface area contributed by atoms with Gasteiger partial charge in [0.25, 0.3) is 11.7 Å². The number of aromatic nitrogens is 7. The third-order valence-corrected chi connectivity index (χ3v) is 7.49. The number of benzene rings is 2. The Balaban J connectivity index is 1.43. The Morgan fingerprint density at radius 3 is 2.35 bits per heavy atom. The molecule has 1 atom stereocenters. The summed E-state index contributed by atoms with van der Waals surface area (Å²) < 4.78 is 81.7. The summed E-state index contributed by atoms with van der Waals surface area (Å²) in [5, 5.41) is 17.1. The van der Waals surface area contributed by atoms with E-state index in [2.05, 4.69) is 35.5 Å². The van der Waals surface area contributed by atoms with Crippen LogP contribution in [-0.4, -0.2) is 53.0 Å². The van der Waals surface area contributed by atoms with Crippen LogP contribution in [0, 0.1) is 6.92 Å². The molecule has 5 rings (SSSR count). The van der Waals surface area contributed by atoms with Crippen LogP contribution >= 0.6 is 23.2 Å². The van der Waals surface area contributed by atoms with Gasteiger partial charge in [-0.05, 0) is 78.2 Å². The zero-order valence-corrected chi connectivity index (χ0v) is 26.7. The second-order valence-corrected chi connectivity index (χ2v) is 11.4. The molecule has 256 valence electrons. The van der Waals surface area contributed by atoms with Gasteiger partial charge in [-0.3, -0.25) is 9.59 Å². The number of carbonyl (C=O) groups is 2. The maximum Gasteiger partial charge on any atom is 0.573 e. The lowest BCUT2D eigenvalue weighted by Crippen LogP contribution is -2.28. The molecule has 0 fully saturated rings. The van der Waals surface area contributed by atoms with Gasteiger partial charge >= 0.3 is 12.5 Å². The summed E-state index contributed by atoms with van der Waals surface area (Å²) in [6.07, 6.45) is -8.65. The van der Waals surface area contributed by atoms with Crippen LogP contribution in [0.5, 0.6) is 5.75 Å². The molecule has 0 aliphatic heterocycles. The maximum absolute atomic E-state index is 13.9. The molecule has 0 saturated carbocycles. The number of carbonyl (C=O) groups excluding carboxylic acids is 2. The summed E-state index contributed by atoms with van der Waals surface area (Å²) in [6, 6.07) is 11.5. The minimum atomic E-state index is -4.86. The molecule has 0 spiro atoms. The summed E-state index contributed by atoms with van der Waals surface area (Å²) in [7, 11) is 0. The molecule has 1 amide bonds. The second kappa shape index (κ2) is 13.8. The van der Waals surface area contributed by atoms with Gasteiger partial charge in [0.05, 0.1) is 16.8 Å². The number of tetrazole rings is 1. The first-order valence-corrected chi connectivity index (χ1v) is 14.8. The van der Waals surface area contributed by atoms with Crippen molar-refractivity contribution in [2.24, 2.45) is 0 Å². The van der Waals surface area contributed by atoms with Gasteiger partial charge in [-0.15, -0.1) is 23.4 Å². The number of pyridine rings is 1. The number of alkyl halides is 6. The van der Waals surface area contributed by atoms with Crippen molar-refractivity contribution in [1.82, 2.24) is 40.3 Å². The lowest BCUT2D eigenvalue weighted by molar-refractivity contribution is -0.274. The van der Waals surface area contributed by atoms with E-state index in [0.717, 1.165) is 16.8 Å². The highest BCUT2D eigenvalue weighted by Gasteiger charge is 2.37.